The Morgan fingerprint density at radius 2 is 1.87 bits per heavy atom. The zero-order valence-electron chi connectivity index (χ0n) is 17.9. The van der Waals surface area contributed by atoms with Crippen molar-refractivity contribution in [2.45, 2.75) is 45.6 Å². The van der Waals surface area contributed by atoms with Gasteiger partial charge in [-0.05, 0) is 44.4 Å². The van der Waals surface area contributed by atoms with E-state index in [1.807, 2.05) is 56.3 Å². The van der Waals surface area contributed by atoms with E-state index in [1.165, 1.54) is 5.56 Å². The second-order valence-corrected chi connectivity index (χ2v) is 7.58. The van der Waals surface area contributed by atoms with Crippen LogP contribution in [0.3, 0.4) is 0 Å². The molecule has 2 aromatic carbocycles. The fraction of sp³-hybridized carbons (Fsp3) is 0.333. The van der Waals surface area contributed by atoms with Gasteiger partial charge in [0.1, 0.15) is 11.4 Å². The van der Waals surface area contributed by atoms with E-state index in [4.69, 9.17) is 4.74 Å². The summed E-state index contributed by atoms with van der Waals surface area (Å²) >= 11 is 0. The molecule has 0 aliphatic rings. The lowest BCUT2D eigenvalue weighted by Gasteiger charge is -2.10. The summed E-state index contributed by atoms with van der Waals surface area (Å²) in [6.07, 6.45) is 2.26. The number of benzene rings is 2. The molecule has 31 heavy (non-hydrogen) atoms. The van der Waals surface area contributed by atoms with Crippen molar-refractivity contribution in [2.24, 2.45) is 0 Å². The molecule has 0 saturated carbocycles. The van der Waals surface area contributed by atoms with Gasteiger partial charge in [-0.1, -0.05) is 42.5 Å². The van der Waals surface area contributed by atoms with Gasteiger partial charge < -0.3 is 15.0 Å². The Balaban J connectivity index is 1.49. The normalized spacial score (nSPS) is 10.8. The number of aromatic nitrogens is 3. The van der Waals surface area contributed by atoms with Crippen LogP contribution in [0.25, 0.3) is 11.4 Å². The van der Waals surface area contributed by atoms with Gasteiger partial charge in [0.2, 0.25) is 5.91 Å². The zero-order chi connectivity index (χ0) is 22.1. The number of hydrogen-bond donors (Lipinski definition) is 2. The Bertz CT molecular complexity index is 1050. The van der Waals surface area contributed by atoms with Gasteiger partial charge in [-0.25, -0.2) is 0 Å². The Labute approximate surface area is 181 Å². The maximum Gasteiger partial charge on any atom is 0.273 e. The predicted octanol–water partition coefficient (Wildman–Crippen LogP) is 3.30. The molecule has 7 nitrogen and oxygen atoms in total. The highest BCUT2D eigenvalue weighted by molar-refractivity contribution is 5.76. The molecule has 1 heterocycles. The number of hydrogen-bond acceptors (Lipinski definition) is 5. The molecule has 0 bridgehead atoms. The average Bonchev–Trinajstić information content (AvgIpc) is 2.76. The molecular weight excluding hydrogens is 392 g/mol. The summed E-state index contributed by atoms with van der Waals surface area (Å²) in [6, 6.07) is 17.5. The van der Waals surface area contributed by atoms with E-state index < -0.39 is 0 Å². The zero-order valence-corrected chi connectivity index (χ0v) is 17.9. The molecule has 162 valence electrons. The SMILES string of the molecule is CC(C)Oc1cccc(-c2nnc(CCC(=O)NCCCc3ccccc3)c(=O)[nH]2)c1. The summed E-state index contributed by atoms with van der Waals surface area (Å²) < 4.78 is 5.68. The van der Waals surface area contributed by atoms with Crippen LogP contribution in [0.2, 0.25) is 0 Å². The number of H-pyrrole nitrogens is 1. The molecule has 0 aliphatic carbocycles. The van der Waals surface area contributed by atoms with Crippen LogP contribution in [0.5, 0.6) is 5.75 Å². The highest BCUT2D eigenvalue weighted by Crippen LogP contribution is 2.20. The molecule has 1 amide bonds. The van der Waals surface area contributed by atoms with E-state index in [0.29, 0.717) is 23.7 Å². The molecule has 7 heteroatoms. The van der Waals surface area contributed by atoms with E-state index in [9.17, 15) is 9.59 Å². The van der Waals surface area contributed by atoms with Crippen LogP contribution in [0, 0.1) is 0 Å². The minimum absolute atomic E-state index is 0.0484. The number of ether oxygens (including phenoxy) is 1. The summed E-state index contributed by atoms with van der Waals surface area (Å²) in [7, 11) is 0. The summed E-state index contributed by atoms with van der Waals surface area (Å²) in [6.45, 7) is 4.49. The van der Waals surface area contributed by atoms with Crippen molar-refractivity contribution in [1.29, 1.82) is 0 Å². The molecule has 1 aromatic heterocycles. The first-order valence-corrected chi connectivity index (χ1v) is 10.5. The Kier molecular flexibility index (Phi) is 7.92. The second-order valence-electron chi connectivity index (χ2n) is 7.58. The molecule has 0 unspecified atom stereocenters. The maximum atomic E-state index is 12.4. The van der Waals surface area contributed by atoms with Crippen molar-refractivity contribution in [3.05, 3.63) is 76.2 Å². The smallest absolute Gasteiger partial charge is 0.273 e. The van der Waals surface area contributed by atoms with Crippen LogP contribution in [0.4, 0.5) is 0 Å². The molecule has 0 aliphatic heterocycles. The number of rotatable bonds is 10. The number of nitrogens with one attached hydrogen (secondary N) is 2. The van der Waals surface area contributed by atoms with Gasteiger partial charge in [-0.3, -0.25) is 9.59 Å². The summed E-state index contributed by atoms with van der Waals surface area (Å²) in [5.41, 5.74) is 1.88. The molecule has 2 N–H and O–H groups in total. The standard InChI is InChI=1S/C24H28N4O3/c1-17(2)31-20-12-6-11-19(16-20)23-26-24(30)21(27-28-23)13-14-22(29)25-15-7-10-18-8-4-3-5-9-18/h3-6,8-9,11-12,16-17H,7,10,13-15H2,1-2H3,(H,25,29)(H,26,28,30). The number of nitrogens with zero attached hydrogens (tertiary/aromatic N) is 2. The quantitative estimate of drug-likeness (QED) is 0.491. The van der Waals surface area contributed by atoms with Crippen LogP contribution in [0.1, 0.15) is 37.9 Å². The fourth-order valence-corrected chi connectivity index (χ4v) is 3.13. The predicted molar refractivity (Wildman–Crippen MR) is 120 cm³/mol. The third-order valence-corrected chi connectivity index (χ3v) is 4.64. The van der Waals surface area contributed by atoms with Crippen LogP contribution in [-0.4, -0.2) is 33.7 Å². The van der Waals surface area contributed by atoms with Gasteiger partial charge >= 0.3 is 0 Å². The molecule has 0 radical (unpaired) electrons. The van der Waals surface area contributed by atoms with Crippen molar-refractivity contribution < 1.29 is 9.53 Å². The summed E-state index contributed by atoms with van der Waals surface area (Å²) in [5.74, 6) is 0.966. The van der Waals surface area contributed by atoms with Crippen molar-refractivity contribution in [2.75, 3.05) is 6.54 Å². The third kappa shape index (κ3) is 7.06. The average molecular weight is 421 g/mol. The number of carbonyl (C=O) groups is 1. The highest BCUT2D eigenvalue weighted by atomic mass is 16.5. The third-order valence-electron chi connectivity index (χ3n) is 4.64. The van der Waals surface area contributed by atoms with Gasteiger partial charge in [0, 0.05) is 24.9 Å². The Morgan fingerprint density at radius 3 is 2.61 bits per heavy atom. The monoisotopic (exact) mass is 420 g/mol. The topological polar surface area (TPSA) is 97.0 Å². The largest absolute Gasteiger partial charge is 0.491 e. The van der Waals surface area contributed by atoms with Crippen molar-refractivity contribution in [3.8, 4) is 17.1 Å². The number of amides is 1. The highest BCUT2D eigenvalue weighted by Gasteiger charge is 2.10. The maximum absolute atomic E-state index is 12.4. The van der Waals surface area contributed by atoms with E-state index in [-0.39, 0.29) is 36.1 Å². The second kappa shape index (κ2) is 11.1. The molecule has 0 spiro atoms. The van der Waals surface area contributed by atoms with Crippen molar-refractivity contribution in [1.82, 2.24) is 20.5 Å². The molecular formula is C24H28N4O3. The minimum Gasteiger partial charge on any atom is -0.491 e. The first kappa shape index (κ1) is 22.2. The van der Waals surface area contributed by atoms with Crippen molar-refractivity contribution >= 4 is 5.91 Å². The lowest BCUT2D eigenvalue weighted by molar-refractivity contribution is -0.121. The first-order chi connectivity index (χ1) is 15.0. The van der Waals surface area contributed by atoms with Gasteiger partial charge in [0.25, 0.3) is 5.56 Å². The Morgan fingerprint density at radius 1 is 1.06 bits per heavy atom. The van der Waals surface area contributed by atoms with Gasteiger partial charge in [0.05, 0.1) is 6.10 Å². The van der Waals surface area contributed by atoms with E-state index in [0.717, 1.165) is 12.8 Å². The van der Waals surface area contributed by atoms with E-state index >= 15 is 0 Å². The molecule has 0 atom stereocenters. The van der Waals surface area contributed by atoms with Gasteiger partial charge in [0.15, 0.2) is 5.82 Å². The number of carbonyl (C=O) groups excluding carboxylic acids is 1. The van der Waals surface area contributed by atoms with Crippen LogP contribution in [0.15, 0.2) is 59.4 Å². The molecule has 0 saturated heterocycles. The lowest BCUT2D eigenvalue weighted by atomic mass is 10.1. The van der Waals surface area contributed by atoms with Crippen LogP contribution in [-0.2, 0) is 17.6 Å². The van der Waals surface area contributed by atoms with Crippen LogP contribution >= 0.6 is 0 Å². The molecule has 3 rings (SSSR count). The lowest BCUT2D eigenvalue weighted by Crippen LogP contribution is -2.26. The summed E-state index contributed by atoms with van der Waals surface area (Å²) in [4.78, 5) is 27.2. The number of aromatic amines is 1. The first-order valence-electron chi connectivity index (χ1n) is 10.5. The molecule has 0 fully saturated rings. The van der Waals surface area contributed by atoms with Gasteiger partial charge in [-0.15, -0.1) is 10.2 Å². The van der Waals surface area contributed by atoms with Crippen LogP contribution < -0.4 is 15.6 Å². The minimum atomic E-state index is -0.336. The van der Waals surface area contributed by atoms with E-state index in [2.05, 4.69) is 32.6 Å². The van der Waals surface area contributed by atoms with Gasteiger partial charge in [-0.2, -0.15) is 0 Å². The fourth-order valence-electron chi connectivity index (χ4n) is 3.13. The summed E-state index contributed by atoms with van der Waals surface area (Å²) in [5, 5.41) is 11.1. The molecule has 3 aromatic rings. The Hall–Kier alpha value is -3.48. The number of aryl methyl sites for hydroxylation is 2. The van der Waals surface area contributed by atoms with Crippen molar-refractivity contribution in [3.63, 3.8) is 0 Å². The van der Waals surface area contributed by atoms with E-state index in [1.54, 1.807) is 0 Å².